The Kier molecular flexibility index (Phi) is 11.7. The molecule has 5 aromatic rings. The van der Waals surface area contributed by atoms with Gasteiger partial charge >= 0.3 is 5.97 Å². The van der Waals surface area contributed by atoms with Crippen LogP contribution in [0.1, 0.15) is 53.7 Å². The predicted molar refractivity (Wildman–Crippen MR) is 182 cm³/mol. The van der Waals surface area contributed by atoms with Gasteiger partial charge in [-0.05, 0) is 54.3 Å². The van der Waals surface area contributed by atoms with E-state index >= 15 is 0 Å². The Morgan fingerprint density at radius 1 is 0.783 bits per heavy atom. The topological polar surface area (TPSA) is 76.1 Å². The Bertz CT molecular complexity index is 1700. The maximum Gasteiger partial charge on any atom is 0.341 e. The van der Waals surface area contributed by atoms with E-state index in [0.29, 0.717) is 43.3 Å². The summed E-state index contributed by atoms with van der Waals surface area (Å²) >= 11 is 1.56. The number of para-hydroxylation sites is 1. The second kappa shape index (κ2) is 16.5. The van der Waals surface area contributed by atoms with Gasteiger partial charge in [-0.15, -0.1) is 11.3 Å². The molecule has 46 heavy (non-hydrogen) atoms. The van der Waals surface area contributed by atoms with Gasteiger partial charge in [0.15, 0.2) is 0 Å². The van der Waals surface area contributed by atoms with Crippen LogP contribution in [0.3, 0.4) is 0 Å². The monoisotopic (exact) mass is 637 g/mol. The minimum atomic E-state index is -0.445. The summed E-state index contributed by atoms with van der Waals surface area (Å²) in [6.45, 7) is 5.63. The van der Waals surface area contributed by atoms with Crippen molar-refractivity contribution in [2.75, 3.05) is 20.3 Å². The zero-order chi connectivity index (χ0) is 32.1. The van der Waals surface area contributed by atoms with Crippen molar-refractivity contribution < 1.29 is 28.5 Å². The molecule has 0 radical (unpaired) electrons. The smallest absolute Gasteiger partial charge is 0.341 e. The van der Waals surface area contributed by atoms with Gasteiger partial charge in [0.1, 0.15) is 40.9 Å². The van der Waals surface area contributed by atoms with Crippen LogP contribution in [0, 0.1) is 0 Å². The van der Waals surface area contributed by atoms with Crippen LogP contribution in [0.2, 0.25) is 0 Å². The zero-order valence-corrected chi connectivity index (χ0v) is 27.3. The Hall–Kier alpha value is -4.82. The summed E-state index contributed by atoms with van der Waals surface area (Å²) in [4.78, 5) is 16.8. The fraction of sp³-hybridized carbons (Fsp3) is 0.263. The number of thiazole rings is 1. The van der Waals surface area contributed by atoms with Gasteiger partial charge in [-0.3, -0.25) is 0 Å². The minimum Gasteiger partial charge on any atom is -0.493 e. The number of nitrogens with zero attached hydrogens (tertiary/aromatic N) is 1. The third-order valence-corrected chi connectivity index (χ3v) is 7.98. The molecule has 7 nitrogen and oxygen atoms in total. The third kappa shape index (κ3) is 8.25. The highest BCUT2D eigenvalue weighted by Gasteiger charge is 2.18. The molecule has 0 unspecified atom stereocenters. The molecule has 4 aromatic carbocycles. The summed E-state index contributed by atoms with van der Waals surface area (Å²) < 4.78 is 30.1. The van der Waals surface area contributed by atoms with Crippen molar-refractivity contribution in [3.63, 3.8) is 0 Å². The Morgan fingerprint density at radius 2 is 1.52 bits per heavy atom. The molecule has 8 heteroatoms. The van der Waals surface area contributed by atoms with Crippen LogP contribution in [0.25, 0.3) is 11.3 Å². The van der Waals surface area contributed by atoms with Crippen LogP contribution >= 0.6 is 11.3 Å². The highest BCUT2D eigenvalue weighted by molar-refractivity contribution is 7.07. The van der Waals surface area contributed by atoms with E-state index in [9.17, 15) is 4.79 Å². The lowest BCUT2D eigenvalue weighted by molar-refractivity contribution is 0.0598. The maximum atomic E-state index is 12.3. The van der Waals surface area contributed by atoms with E-state index in [1.807, 2.05) is 59.4 Å². The largest absolute Gasteiger partial charge is 0.493 e. The minimum absolute atomic E-state index is 0.371. The number of carbonyl (C=O) groups excluding carboxylic acids is 1. The zero-order valence-electron chi connectivity index (χ0n) is 26.5. The lowest BCUT2D eigenvalue weighted by Crippen LogP contribution is -2.08. The van der Waals surface area contributed by atoms with Gasteiger partial charge in [0.2, 0.25) is 0 Å². The summed E-state index contributed by atoms with van der Waals surface area (Å²) in [5.41, 5.74) is 7.21. The van der Waals surface area contributed by atoms with E-state index in [1.54, 1.807) is 29.5 Å². The molecule has 0 aliphatic carbocycles. The first kappa shape index (κ1) is 32.6. The summed E-state index contributed by atoms with van der Waals surface area (Å²) in [6, 6.07) is 27.0. The van der Waals surface area contributed by atoms with Crippen molar-refractivity contribution in [1.29, 1.82) is 0 Å². The number of methoxy groups -OCH3 is 1. The summed E-state index contributed by atoms with van der Waals surface area (Å²) in [6.07, 6.45) is 3.16. The third-order valence-electron chi connectivity index (χ3n) is 7.40. The molecule has 238 valence electrons. The normalized spacial score (nSPS) is 10.8. The van der Waals surface area contributed by atoms with Crippen molar-refractivity contribution in [3.8, 4) is 40.0 Å². The van der Waals surface area contributed by atoms with Gasteiger partial charge in [-0.2, -0.15) is 0 Å². The van der Waals surface area contributed by atoms with Crippen molar-refractivity contribution in [3.05, 3.63) is 118 Å². The molecule has 1 aromatic heterocycles. The number of aromatic nitrogens is 1. The van der Waals surface area contributed by atoms with Gasteiger partial charge in [0.25, 0.3) is 0 Å². The SMILES string of the molecule is CCCc1c(OCCCOc2cc(OCc3ccccc3)c(-c3cscn3)cc2CC)cccc1Oc1ccccc1C(=O)OC. The summed E-state index contributed by atoms with van der Waals surface area (Å²) in [5, 5.41) is 2.03. The molecular formula is C38H39NO6S. The first-order valence-electron chi connectivity index (χ1n) is 15.6. The molecule has 0 saturated carbocycles. The van der Waals surface area contributed by atoms with Crippen molar-refractivity contribution in [1.82, 2.24) is 4.98 Å². The molecule has 0 fully saturated rings. The molecule has 5 rings (SSSR count). The number of benzene rings is 4. The van der Waals surface area contributed by atoms with E-state index in [2.05, 4.69) is 37.0 Å². The average molecular weight is 638 g/mol. The van der Waals surface area contributed by atoms with E-state index in [-0.39, 0.29) is 0 Å². The fourth-order valence-corrected chi connectivity index (χ4v) is 5.62. The van der Waals surface area contributed by atoms with Gasteiger partial charge in [-0.1, -0.05) is 68.8 Å². The number of rotatable bonds is 16. The summed E-state index contributed by atoms with van der Waals surface area (Å²) in [7, 11) is 1.36. The van der Waals surface area contributed by atoms with Crippen LogP contribution in [0.15, 0.2) is 95.8 Å². The quantitative estimate of drug-likeness (QED) is 0.0788. The number of hydrogen-bond donors (Lipinski definition) is 0. The van der Waals surface area contributed by atoms with E-state index < -0.39 is 5.97 Å². The Balaban J connectivity index is 1.25. The van der Waals surface area contributed by atoms with Crippen molar-refractivity contribution in [2.24, 2.45) is 0 Å². The van der Waals surface area contributed by atoms with Crippen LogP contribution < -0.4 is 18.9 Å². The van der Waals surface area contributed by atoms with Crippen LogP contribution in [-0.4, -0.2) is 31.3 Å². The van der Waals surface area contributed by atoms with Gasteiger partial charge in [0, 0.05) is 29.0 Å². The second-order valence-electron chi connectivity index (χ2n) is 10.6. The predicted octanol–water partition coefficient (Wildman–Crippen LogP) is 9.33. The maximum absolute atomic E-state index is 12.3. The second-order valence-corrected chi connectivity index (χ2v) is 11.3. The number of esters is 1. The number of carbonyl (C=O) groups is 1. The van der Waals surface area contributed by atoms with Gasteiger partial charge in [0.05, 0.1) is 31.5 Å². The molecule has 0 saturated heterocycles. The van der Waals surface area contributed by atoms with Crippen molar-refractivity contribution >= 4 is 17.3 Å². The Labute approximate surface area is 274 Å². The van der Waals surface area contributed by atoms with Gasteiger partial charge < -0.3 is 23.7 Å². The molecule has 0 spiro atoms. The fourth-order valence-electron chi connectivity index (χ4n) is 5.07. The molecule has 0 aliphatic rings. The lowest BCUT2D eigenvalue weighted by Gasteiger charge is -2.18. The highest BCUT2D eigenvalue weighted by atomic mass is 32.1. The highest BCUT2D eigenvalue weighted by Crippen LogP contribution is 2.38. The van der Waals surface area contributed by atoms with Crippen LogP contribution in [-0.2, 0) is 24.2 Å². The molecule has 0 amide bonds. The van der Waals surface area contributed by atoms with Crippen LogP contribution in [0.5, 0.6) is 28.7 Å². The van der Waals surface area contributed by atoms with Gasteiger partial charge in [-0.25, -0.2) is 9.78 Å². The number of ether oxygens (including phenoxy) is 5. The number of aryl methyl sites for hydroxylation is 1. The average Bonchev–Trinajstić information content (AvgIpc) is 3.64. The molecule has 1 heterocycles. The van der Waals surface area contributed by atoms with E-state index in [0.717, 1.165) is 64.5 Å². The first-order chi connectivity index (χ1) is 22.6. The Morgan fingerprint density at radius 3 is 2.26 bits per heavy atom. The standard InChI is InChI=1S/C38H39NO6S/c1-4-13-29-33(18-11-19-34(29)45-35-17-10-9-16-30(35)38(40)41-3)42-20-12-21-43-36-23-37(44-24-27-14-7-6-8-15-27)31(22-28(36)5-2)32-25-46-26-39-32/h6-11,14-19,22-23,25-26H,4-5,12-13,20-21,24H2,1-3H3. The molecule has 0 atom stereocenters. The lowest BCUT2D eigenvalue weighted by atomic mass is 10.0. The molecule has 0 N–H and O–H groups in total. The van der Waals surface area contributed by atoms with Crippen molar-refractivity contribution in [2.45, 2.75) is 46.1 Å². The molecular weight excluding hydrogens is 598 g/mol. The molecule has 0 aliphatic heterocycles. The molecule has 0 bridgehead atoms. The van der Waals surface area contributed by atoms with Crippen LogP contribution in [0.4, 0.5) is 0 Å². The summed E-state index contributed by atoms with van der Waals surface area (Å²) in [5.74, 6) is 2.95. The van der Waals surface area contributed by atoms with E-state index in [1.165, 1.54) is 7.11 Å². The van der Waals surface area contributed by atoms with E-state index in [4.69, 9.17) is 23.7 Å². The number of hydrogen-bond acceptors (Lipinski definition) is 8. The first-order valence-corrected chi connectivity index (χ1v) is 16.5.